The molecule has 8 heteroatoms. The molecule has 2 rings (SSSR count). The van der Waals surface area contributed by atoms with Crippen LogP contribution >= 0.6 is 11.6 Å². The highest BCUT2D eigenvalue weighted by atomic mass is 35.5. The number of hydrogen-bond acceptors (Lipinski definition) is 3. The second kappa shape index (κ2) is 6.70. The second-order valence-electron chi connectivity index (χ2n) is 4.49. The zero-order valence-electron chi connectivity index (χ0n) is 11.4. The van der Waals surface area contributed by atoms with Crippen molar-refractivity contribution in [2.45, 2.75) is 6.18 Å². The first-order valence-electron chi connectivity index (χ1n) is 6.26. The number of hydrogen-bond donors (Lipinski definition) is 2. The highest BCUT2D eigenvalue weighted by Gasteiger charge is 2.30. The highest BCUT2D eigenvalue weighted by molar-refractivity contribution is 6.32. The van der Waals surface area contributed by atoms with E-state index in [0.717, 1.165) is 18.2 Å². The van der Waals surface area contributed by atoms with Gasteiger partial charge in [-0.15, -0.1) is 0 Å². The summed E-state index contributed by atoms with van der Waals surface area (Å²) in [6.07, 6.45) is -3.28. The maximum atomic E-state index is 12.6. The van der Waals surface area contributed by atoms with Crippen molar-refractivity contribution in [3.05, 3.63) is 64.2 Å². The first-order chi connectivity index (χ1) is 10.8. The SMILES string of the molecule is O=C(N/N=C\c1ccc(O)c(Cl)c1)c1cccc(C(F)(F)F)c1. The number of nitrogens with zero attached hydrogens (tertiary/aromatic N) is 1. The van der Waals surface area contributed by atoms with E-state index in [1.807, 2.05) is 0 Å². The molecule has 4 nitrogen and oxygen atoms in total. The lowest BCUT2D eigenvalue weighted by molar-refractivity contribution is -0.137. The molecule has 0 fully saturated rings. The van der Waals surface area contributed by atoms with Crippen molar-refractivity contribution in [2.75, 3.05) is 0 Å². The second-order valence-corrected chi connectivity index (χ2v) is 4.90. The molecule has 0 heterocycles. The minimum absolute atomic E-state index is 0.100. The summed E-state index contributed by atoms with van der Waals surface area (Å²) >= 11 is 5.71. The van der Waals surface area contributed by atoms with Crippen LogP contribution in [0.1, 0.15) is 21.5 Å². The number of hydrazone groups is 1. The number of phenols is 1. The predicted molar refractivity (Wildman–Crippen MR) is 79.6 cm³/mol. The first-order valence-corrected chi connectivity index (χ1v) is 6.64. The molecule has 0 aromatic heterocycles. The number of alkyl halides is 3. The minimum Gasteiger partial charge on any atom is -0.506 e. The van der Waals surface area contributed by atoms with E-state index in [4.69, 9.17) is 11.6 Å². The Hall–Kier alpha value is -2.54. The summed E-state index contributed by atoms with van der Waals surface area (Å²) in [6, 6.07) is 8.26. The molecule has 23 heavy (non-hydrogen) atoms. The van der Waals surface area contributed by atoms with Crippen molar-refractivity contribution >= 4 is 23.7 Å². The maximum Gasteiger partial charge on any atom is 0.416 e. The molecule has 0 saturated heterocycles. The molecule has 0 bridgehead atoms. The van der Waals surface area contributed by atoms with E-state index < -0.39 is 17.6 Å². The van der Waals surface area contributed by atoms with Gasteiger partial charge in [-0.05, 0) is 42.0 Å². The predicted octanol–water partition coefficient (Wildman–Crippen LogP) is 3.83. The van der Waals surface area contributed by atoms with Crippen molar-refractivity contribution in [2.24, 2.45) is 5.10 Å². The minimum atomic E-state index is -4.53. The van der Waals surface area contributed by atoms with Crippen LogP contribution in [0.5, 0.6) is 5.75 Å². The molecule has 0 aliphatic rings. The van der Waals surface area contributed by atoms with Gasteiger partial charge in [-0.1, -0.05) is 17.7 Å². The highest BCUT2D eigenvalue weighted by Crippen LogP contribution is 2.29. The summed E-state index contributed by atoms with van der Waals surface area (Å²) in [5, 5.41) is 13.0. The lowest BCUT2D eigenvalue weighted by atomic mass is 10.1. The van der Waals surface area contributed by atoms with Crippen LogP contribution in [-0.4, -0.2) is 17.2 Å². The summed E-state index contributed by atoms with van der Waals surface area (Å²) in [4.78, 5) is 11.8. The van der Waals surface area contributed by atoms with Gasteiger partial charge in [-0.3, -0.25) is 4.79 Å². The molecule has 2 N–H and O–H groups in total. The fraction of sp³-hybridized carbons (Fsp3) is 0.0667. The third kappa shape index (κ3) is 4.46. The van der Waals surface area contributed by atoms with Gasteiger partial charge in [0.25, 0.3) is 5.91 Å². The smallest absolute Gasteiger partial charge is 0.416 e. The summed E-state index contributed by atoms with van der Waals surface area (Å²) in [6.45, 7) is 0. The van der Waals surface area contributed by atoms with Crippen LogP contribution in [0.25, 0.3) is 0 Å². The Morgan fingerprint density at radius 1 is 1.22 bits per heavy atom. The Morgan fingerprint density at radius 2 is 1.96 bits per heavy atom. The average Bonchev–Trinajstić information content (AvgIpc) is 2.50. The largest absolute Gasteiger partial charge is 0.506 e. The van der Waals surface area contributed by atoms with Gasteiger partial charge < -0.3 is 5.11 Å². The number of amides is 1. The maximum absolute atomic E-state index is 12.6. The Bertz CT molecular complexity index is 761. The van der Waals surface area contributed by atoms with Crippen molar-refractivity contribution in [3.63, 3.8) is 0 Å². The number of carbonyl (C=O) groups is 1. The van der Waals surface area contributed by atoms with Crippen LogP contribution in [0, 0.1) is 0 Å². The van der Waals surface area contributed by atoms with E-state index >= 15 is 0 Å². The van der Waals surface area contributed by atoms with Crippen LogP contribution in [0.15, 0.2) is 47.6 Å². The Labute approximate surface area is 134 Å². The Kier molecular flexibility index (Phi) is 4.90. The number of rotatable bonds is 3. The van der Waals surface area contributed by atoms with E-state index in [1.165, 1.54) is 30.5 Å². The molecule has 0 spiro atoms. The molecular weight excluding hydrogens is 333 g/mol. The molecule has 120 valence electrons. The monoisotopic (exact) mass is 342 g/mol. The molecule has 2 aromatic carbocycles. The summed E-state index contributed by atoms with van der Waals surface area (Å²) in [7, 11) is 0. The summed E-state index contributed by atoms with van der Waals surface area (Å²) in [5.41, 5.74) is 1.53. The van der Waals surface area contributed by atoms with Gasteiger partial charge in [-0.2, -0.15) is 18.3 Å². The quantitative estimate of drug-likeness (QED) is 0.658. The zero-order chi connectivity index (χ0) is 17.0. The number of carbonyl (C=O) groups excluding carboxylic acids is 1. The van der Waals surface area contributed by atoms with E-state index in [0.29, 0.717) is 5.56 Å². The van der Waals surface area contributed by atoms with Gasteiger partial charge >= 0.3 is 6.18 Å². The standard InChI is InChI=1S/C15H10ClF3N2O2/c16-12-6-9(4-5-13(12)22)8-20-21-14(23)10-2-1-3-11(7-10)15(17,18)19/h1-8,22H,(H,21,23)/b20-8-. The van der Waals surface area contributed by atoms with Gasteiger partial charge in [0.05, 0.1) is 16.8 Å². The number of halogens is 4. The van der Waals surface area contributed by atoms with E-state index in [-0.39, 0.29) is 16.3 Å². The van der Waals surface area contributed by atoms with Crippen molar-refractivity contribution in [1.29, 1.82) is 0 Å². The lowest BCUT2D eigenvalue weighted by Gasteiger charge is -2.07. The summed E-state index contributed by atoms with van der Waals surface area (Å²) < 4.78 is 37.7. The van der Waals surface area contributed by atoms with E-state index in [1.54, 1.807) is 0 Å². The van der Waals surface area contributed by atoms with Crippen LogP contribution in [0.2, 0.25) is 5.02 Å². The first kappa shape index (κ1) is 16.8. The molecule has 0 aliphatic heterocycles. The molecule has 2 aromatic rings. The molecule has 0 aliphatic carbocycles. The third-order valence-electron chi connectivity index (χ3n) is 2.80. The van der Waals surface area contributed by atoms with Crippen molar-refractivity contribution < 1.29 is 23.1 Å². The van der Waals surface area contributed by atoms with E-state index in [9.17, 15) is 23.1 Å². The van der Waals surface area contributed by atoms with Gasteiger partial charge in [0.1, 0.15) is 5.75 Å². The number of aromatic hydroxyl groups is 1. The third-order valence-corrected chi connectivity index (χ3v) is 3.11. The number of benzene rings is 2. The lowest BCUT2D eigenvalue weighted by Crippen LogP contribution is -2.18. The van der Waals surface area contributed by atoms with Crippen LogP contribution in [-0.2, 0) is 6.18 Å². The van der Waals surface area contributed by atoms with Crippen LogP contribution in [0.4, 0.5) is 13.2 Å². The van der Waals surface area contributed by atoms with Crippen molar-refractivity contribution in [3.8, 4) is 5.75 Å². The topological polar surface area (TPSA) is 61.7 Å². The fourth-order valence-electron chi connectivity index (χ4n) is 1.67. The fourth-order valence-corrected chi connectivity index (χ4v) is 1.86. The zero-order valence-corrected chi connectivity index (χ0v) is 12.2. The molecule has 0 unspecified atom stereocenters. The Balaban J connectivity index is 2.07. The van der Waals surface area contributed by atoms with Gasteiger partial charge in [0.2, 0.25) is 0 Å². The van der Waals surface area contributed by atoms with E-state index in [2.05, 4.69) is 10.5 Å². The number of phenolic OH excluding ortho intramolecular Hbond substituents is 1. The molecule has 0 saturated carbocycles. The molecule has 1 amide bonds. The van der Waals surface area contributed by atoms with Crippen LogP contribution < -0.4 is 5.43 Å². The summed E-state index contributed by atoms with van der Waals surface area (Å²) in [5.74, 6) is -0.881. The molecule has 0 radical (unpaired) electrons. The van der Waals surface area contributed by atoms with Gasteiger partial charge in [-0.25, -0.2) is 5.43 Å². The van der Waals surface area contributed by atoms with Gasteiger partial charge in [0, 0.05) is 5.56 Å². The molecular formula is C15H10ClF3N2O2. The van der Waals surface area contributed by atoms with Gasteiger partial charge in [0.15, 0.2) is 0 Å². The Morgan fingerprint density at radius 3 is 2.61 bits per heavy atom. The number of nitrogens with one attached hydrogen (secondary N) is 1. The van der Waals surface area contributed by atoms with Crippen LogP contribution in [0.3, 0.4) is 0 Å². The molecule has 0 atom stereocenters. The normalized spacial score (nSPS) is 11.7. The van der Waals surface area contributed by atoms with Crippen molar-refractivity contribution in [1.82, 2.24) is 5.43 Å². The average molecular weight is 343 g/mol.